The third-order valence-electron chi connectivity index (χ3n) is 0. The summed E-state index contributed by atoms with van der Waals surface area (Å²) in [4.78, 5) is 9.00. The number of hydrogen-bond donors (Lipinski definition) is 1. The largest absolute Gasteiger partial charge is 0.481 e. The average Bonchev–Trinajstić information content (AvgIpc) is 0.811. The molecule has 0 heterocycles. The molecule has 0 aromatic heterocycles. The van der Waals surface area contributed by atoms with Gasteiger partial charge < -0.3 is 12.5 Å². The van der Waals surface area contributed by atoms with Crippen molar-refractivity contribution in [3.63, 3.8) is 0 Å². The van der Waals surface area contributed by atoms with Gasteiger partial charge in [0.25, 0.3) is 5.97 Å². The summed E-state index contributed by atoms with van der Waals surface area (Å²) in [6, 6.07) is 0. The molecular formula is C3H7NiO2-. The van der Waals surface area contributed by atoms with Gasteiger partial charge in [0.1, 0.15) is 0 Å². The van der Waals surface area contributed by atoms with E-state index in [0.717, 1.165) is 6.92 Å². The first-order valence-corrected chi connectivity index (χ1v) is 0.928. The smallest absolute Gasteiger partial charge is 0.300 e. The van der Waals surface area contributed by atoms with Gasteiger partial charge in [-0.25, -0.2) is 0 Å². The van der Waals surface area contributed by atoms with Crippen molar-refractivity contribution in [2.45, 2.75) is 6.92 Å². The van der Waals surface area contributed by atoms with Crippen LogP contribution in [0, 0.1) is 7.43 Å². The van der Waals surface area contributed by atoms with E-state index in [1.807, 2.05) is 0 Å². The van der Waals surface area contributed by atoms with Gasteiger partial charge in [-0.3, -0.25) is 4.79 Å². The zero-order valence-electron chi connectivity index (χ0n) is 3.67. The van der Waals surface area contributed by atoms with E-state index in [1.54, 1.807) is 0 Å². The molecule has 6 heavy (non-hydrogen) atoms. The fraction of sp³-hybridized carbons (Fsp3) is 0.333. The SMILES string of the molecule is CC(=O)O.[CH3-].[Ni]. The predicted molar refractivity (Wildman–Crippen MR) is 19.7 cm³/mol. The molecule has 0 fully saturated rings. The Hall–Kier alpha value is -0.0365. The van der Waals surface area contributed by atoms with Gasteiger partial charge in [-0.2, -0.15) is 0 Å². The Kier molecular flexibility index (Phi) is 24.8. The van der Waals surface area contributed by atoms with Crippen molar-refractivity contribution < 1.29 is 26.4 Å². The van der Waals surface area contributed by atoms with E-state index in [2.05, 4.69) is 0 Å². The fourth-order valence-corrected chi connectivity index (χ4v) is 0. The average molecular weight is 134 g/mol. The van der Waals surface area contributed by atoms with Gasteiger partial charge in [-0.1, -0.05) is 0 Å². The van der Waals surface area contributed by atoms with Crippen LogP contribution in [0.5, 0.6) is 0 Å². The zero-order chi connectivity index (χ0) is 3.58. The number of carboxylic acid groups (broad SMARTS) is 1. The molecule has 0 saturated carbocycles. The summed E-state index contributed by atoms with van der Waals surface area (Å²) in [6.45, 7) is 1.08. The summed E-state index contributed by atoms with van der Waals surface area (Å²) < 4.78 is 0. The first kappa shape index (κ1) is 16.7. The molecule has 0 amide bonds. The zero-order valence-corrected chi connectivity index (χ0v) is 4.66. The van der Waals surface area contributed by atoms with Crippen molar-refractivity contribution in [1.82, 2.24) is 0 Å². The summed E-state index contributed by atoms with van der Waals surface area (Å²) in [5.41, 5.74) is 0. The van der Waals surface area contributed by atoms with Gasteiger partial charge in [0.15, 0.2) is 0 Å². The molecule has 0 unspecified atom stereocenters. The van der Waals surface area contributed by atoms with Crippen LogP contribution in [-0.2, 0) is 21.3 Å². The van der Waals surface area contributed by atoms with Crippen LogP contribution in [0.1, 0.15) is 6.92 Å². The predicted octanol–water partition coefficient (Wildman–Crippen LogP) is 0.539. The van der Waals surface area contributed by atoms with Crippen molar-refractivity contribution in [1.29, 1.82) is 0 Å². The second-order valence-corrected chi connectivity index (χ2v) is 0.519. The summed E-state index contributed by atoms with van der Waals surface area (Å²) in [7, 11) is 0. The molecule has 1 N–H and O–H groups in total. The van der Waals surface area contributed by atoms with E-state index >= 15 is 0 Å². The van der Waals surface area contributed by atoms with Crippen LogP contribution in [0.4, 0.5) is 0 Å². The van der Waals surface area contributed by atoms with Crippen molar-refractivity contribution in [2.75, 3.05) is 0 Å². The number of carboxylic acids is 1. The molecule has 0 aliphatic heterocycles. The Morgan fingerprint density at radius 2 is 1.67 bits per heavy atom. The van der Waals surface area contributed by atoms with E-state index in [9.17, 15) is 0 Å². The topological polar surface area (TPSA) is 37.3 Å². The maximum Gasteiger partial charge on any atom is 0.300 e. The maximum absolute atomic E-state index is 9.00. The molecular weight excluding hydrogens is 127 g/mol. The Morgan fingerprint density at radius 1 is 1.67 bits per heavy atom. The van der Waals surface area contributed by atoms with E-state index in [1.165, 1.54) is 0 Å². The van der Waals surface area contributed by atoms with Crippen LogP contribution in [0.2, 0.25) is 0 Å². The van der Waals surface area contributed by atoms with Gasteiger partial charge in [0.2, 0.25) is 0 Å². The van der Waals surface area contributed by atoms with Gasteiger partial charge in [-0.15, -0.1) is 0 Å². The Bertz CT molecular complexity index is 31.8. The van der Waals surface area contributed by atoms with Crippen LogP contribution in [-0.4, -0.2) is 11.1 Å². The fourth-order valence-electron chi connectivity index (χ4n) is 0. The monoisotopic (exact) mass is 133 g/mol. The second kappa shape index (κ2) is 8.88. The number of carbonyl (C=O) groups is 1. The molecule has 0 aromatic carbocycles. The molecule has 0 radical (unpaired) electrons. The van der Waals surface area contributed by atoms with E-state index in [-0.39, 0.29) is 23.9 Å². The minimum Gasteiger partial charge on any atom is -0.481 e. The van der Waals surface area contributed by atoms with Crippen LogP contribution < -0.4 is 0 Å². The first-order valence-electron chi connectivity index (χ1n) is 0.928. The molecule has 0 aromatic rings. The third-order valence-corrected chi connectivity index (χ3v) is 0. The van der Waals surface area contributed by atoms with Crippen molar-refractivity contribution >= 4 is 5.97 Å². The molecule has 42 valence electrons. The summed E-state index contributed by atoms with van der Waals surface area (Å²) in [6.07, 6.45) is 0. The summed E-state index contributed by atoms with van der Waals surface area (Å²) in [5.74, 6) is -0.833. The minimum atomic E-state index is -0.833. The van der Waals surface area contributed by atoms with E-state index < -0.39 is 5.97 Å². The minimum absolute atomic E-state index is 0. The third kappa shape index (κ3) is 26100. The summed E-state index contributed by atoms with van der Waals surface area (Å²) in [5, 5.41) is 7.42. The van der Waals surface area contributed by atoms with Crippen molar-refractivity contribution in [3.05, 3.63) is 7.43 Å². The van der Waals surface area contributed by atoms with Crippen LogP contribution in [0.3, 0.4) is 0 Å². The van der Waals surface area contributed by atoms with E-state index in [4.69, 9.17) is 9.90 Å². The Balaban J connectivity index is -0.0000000450. The molecule has 0 rings (SSSR count). The van der Waals surface area contributed by atoms with Crippen LogP contribution >= 0.6 is 0 Å². The molecule has 0 aliphatic rings. The molecule has 3 heteroatoms. The quantitative estimate of drug-likeness (QED) is 0.387. The normalized spacial score (nSPS) is 4.17. The Morgan fingerprint density at radius 3 is 1.67 bits per heavy atom. The first-order chi connectivity index (χ1) is 1.73. The molecule has 0 aliphatic carbocycles. The Labute approximate surface area is 47.5 Å². The molecule has 0 saturated heterocycles. The summed E-state index contributed by atoms with van der Waals surface area (Å²) >= 11 is 0. The molecule has 0 atom stereocenters. The van der Waals surface area contributed by atoms with Gasteiger partial charge >= 0.3 is 0 Å². The van der Waals surface area contributed by atoms with Gasteiger partial charge in [-0.05, 0) is 0 Å². The second-order valence-electron chi connectivity index (χ2n) is 0.519. The molecule has 0 spiro atoms. The van der Waals surface area contributed by atoms with Gasteiger partial charge in [0, 0.05) is 23.4 Å². The number of hydrogen-bond acceptors (Lipinski definition) is 1. The molecule has 2 nitrogen and oxygen atoms in total. The standard InChI is InChI=1S/C2H4O2.CH3.Ni/c1-2(3)4;;/h1H3,(H,3,4);1H3;/q;-1;. The maximum atomic E-state index is 9.00. The van der Waals surface area contributed by atoms with Crippen molar-refractivity contribution in [2.24, 2.45) is 0 Å². The molecule has 0 bridgehead atoms. The number of aliphatic carboxylic acids is 1. The van der Waals surface area contributed by atoms with E-state index in [0.29, 0.717) is 0 Å². The number of rotatable bonds is 0. The van der Waals surface area contributed by atoms with Crippen LogP contribution in [0.15, 0.2) is 0 Å². The van der Waals surface area contributed by atoms with Crippen molar-refractivity contribution in [3.8, 4) is 0 Å². The van der Waals surface area contributed by atoms with Gasteiger partial charge in [0.05, 0.1) is 0 Å². The van der Waals surface area contributed by atoms with Crippen LogP contribution in [0.25, 0.3) is 0 Å².